The van der Waals surface area contributed by atoms with Crippen LogP contribution in [0, 0.1) is 5.21 Å². The van der Waals surface area contributed by atoms with Crippen molar-refractivity contribution in [1.82, 2.24) is 5.10 Å². The highest BCUT2D eigenvalue weighted by atomic mass is 35.5. The standard InChI is InChI=1S/C16H17ClN2O5S2/c17-13-8-4-5-9-14(13)26(23,24)15-10-11-16(19(20)18-15)25(21,22)12-6-2-1-3-7-12/h4-5,8-12H,1-3,6-7H2. The summed E-state index contributed by atoms with van der Waals surface area (Å²) in [5.74, 6) is 0. The lowest BCUT2D eigenvalue weighted by Crippen LogP contribution is -2.42. The topological polar surface area (TPSA) is 108 Å². The summed E-state index contributed by atoms with van der Waals surface area (Å²) in [5.41, 5.74) is 0. The molecule has 0 amide bonds. The molecule has 0 aliphatic heterocycles. The summed E-state index contributed by atoms with van der Waals surface area (Å²) in [6.07, 6.45) is 3.52. The smallest absolute Gasteiger partial charge is 0.335 e. The Hall–Kier alpha value is -1.71. The van der Waals surface area contributed by atoms with E-state index in [0.29, 0.717) is 12.8 Å². The molecule has 1 heterocycles. The molecule has 1 aliphatic carbocycles. The van der Waals surface area contributed by atoms with E-state index < -0.39 is 35.0 Å². The largest absolute Gasteiger partial charge is 0.593 e. The van der Waals surface area contributed by atoms with Crippen LogP contribution in [0.4, 0.5) is 0 Å². The van der Waals surface area contributed by atoms with Gasteiger partial charge in [0.2, 0.25) is 24.7 Å². The maximum absolute atomic E-state index is 12.7. The lowest BCUT2D eigenvalue weighted by atomic mass is 10.0. The lowest BCUT2D eigenvalue weighted by molar-refractivity contribution is -0.711. The van der Waals surface area contributed by atoms with Crippen molar-refractivity contribution in [1.29, 1.82) is 0 Å². The minimum Gasteiger partial charge on any atom is -0.593 e. The molecule has 1 aromatic carbocycles. The molecule has 3 rings (SSSR count). The van der Waals surface area contributed by atoms with Crippen LogP contribution in [0.5, 0.6) is 0 Å². The first-order valence-corrected chi connectivity index (χ1v) is 11.5. The molecule has 0 spiro atoms. The van der Waals surface area contributed by atoms with E-state index in [1.165, 1.54) is 18.2 Å². The zero-order valence-corrected chi connectivity index (χ0v) is 16.1. The lowest BCUT2D eigenvalue weighted by Gasteiger charge is -2.20. The van der Waals surface area contributed by atoms with E-state index in [0.717, 1.165) is 31.4 Å². The van der Waals surface area contributed by atoms with Crippen molar-refractivity contribution in [3.63, 3.8) is 0 Å². The van der Waals surface area contributed by atoms with Crippen LogP contribution < -0.4 is 4.85 Å². The van der Waals surface area contributed by atoms with Crippen LogP contribution in [0.15, 0.2) is 51.3 Å². The highest BCUT2D eigenvalue weighted by Crippen LogP contribution is 2.29. The number of aromatic nitrogens is 2. The van der Waals surface area contributed by atoms with Crippen LogP contribution in [0.2, 0.25) is 5.02 Å². The summed E-state index contributed by atoms with van der Waals surface area (Å²) in [6, 6.07) is 7.80. The molecule has 140 valence electrons. The molecule has 1 aromatic heterocycles. The summed E-state index contributed by atoms with van der Waals surface area (Å²) in [7, 11) is -8.00. The molecule has 0 unspecified atom stereocenters. The second-order valence-electron chi connectivity index (χ2n) is 6.12. The third kappa shape index (κ3) is 3.43. The van der Waals surface area contributed by atoms with Gasteiger partial charge in [0.1, 0.15) is 0 Å². The SMILES string of the molecule is O=S(=O)(c1ccc(S(=O)(=O)C2CCCCC2)[n+]([O-])n1)c1ccccc1Cl. The Bertz CT molecular complexity index is 1030. The van der Waals surface area contributed by atoms with Crippen molar-refractivity contribution in [3.05, 3.63) is 46.6 Å². The van der Waals surface area contributed by atoms with E-state index in [1.807, 2.05) is 0 Å². The molecular weight excluding hydrogens is 400 g/mol. The van der Waals surface area contributed by atoms with Gasteiger partial charge in [0.25, 0.3) is 0 Å². The molecule has 1 fully saturated rings. The molecule has 1 aliphatic rings. The van der Waals surface area contributed by atoms with Crippen molar-refractivity contribution in [2.45, 2.75) is 52.3 Å². The Morgan fingerprint density at radius 1 is 1.00 bits per heavy atom. The van der Waals surface area contributed by atoms with E-state index in [9.17, 15) is 22.0 Å². The average molecular weight is 417 g/mol. The van der Waals surface area contributed by atoms with Crippen molar-refractivity contribution >= 4 is 31.3 Å². The summed E-state index contributed by atoms with van der Waals surface area (Å²) in [6.45, 7) is 0. The third-order valence-corrected chi connectivity index (χ3v) is 8.80. The maximum Gasteiger partial charge on any atom is 0.335 e. The van der Waals surface area contributed by atoms with E-state index in [4.69, 9.17) is 11.6 Å². The van der Waals surface area contributed by atoms with Crippen molar-refractivity contribution < 1.29 is 21.7 Å². The van der Waals surface area contributed by atoms with Crippen molar-refractivity contribution in [3.8, 4) is 0 Å². The van der Waals surface area contributed by atoms with Gasteiger partial charge in [-0.25, -0.2) is 16.8 Å². The molecule has 0 radical (unpaired) electrons. The van der Waals surface area contributed by atoms with Crippen LogP contribution in [0.3, 0.4) is 0 Å². The van der Waals surface area contributed by atoms with Gasteiger partial charge in [0.15, 0.2) is 0 Å². The van der Waals surface area contributed by atoms with Gasteiger partial charge in [-0.15, -0.1) is 0 Å². The van der Waals surface area contributed by atoms with E-state index in [1.54, 1.807) is 6.07 Å². The zero-order valence-electron chi connectivity index (χ0n) is 13.7. The fourth-order valence-corrected chi connectivity index (χ4v) is 6.54. The zero-order chi connectivity index (χ0) is 18.9. The van der Waals surface area contributed by atoms with E-state index >= 15 is 0 Å². The van der Waals surface area contributed by atoms with Gasteiger partial charge >= 0.3 is 5.03 Å². The first-order valence-electron chi connectivity index (χ1n) is 8.09. The second kappa shape index (κ2) is 7.13. The average Bonchev–Trinajstić information content (AvgIpc) is 2.62. The number of halogens is 1. The van der Waals surface area contributed by atoms with Gasteiger partial charge in [-0.3, -0.25) is 0 Å². The predicted molar refractivity (Wildman–Crippen MR) is 94.2 cm³/mol. The van der Waals surface area contributed by atoms with Crippen LogP contribution in [0.25, 0.3) is 0 Å². The summed E-state index contributed by atoms with van der Waals surface area (Å²) in [5, 5.41) is 14.0. The second-order valence-corrected chi connectivity index (χ2v) is 10.6. The molecule has 2 aromatic rings. The van der Waals surface area contributed by atoms with Gasteiger partial charge in [-0.05, 0) is 35.9 Å². The van der Waals surface area contributed by atoms with E-state index in [2.05, 4.69) is 5.10 Å². The monoisotopic (exact) mass is 416 g/mol. The fourth-order valence-electron chi connectivity index (χ4n) is 3.05. The van der Waals surface area contributed by atoms with Gasteiger partial charge in [-0.2, -0.15) is 0 Å². The highest BCUT2D eigenvalue weighted by Gasteiger charge is 2.36. The quantitative estimate of drug-likeness (QED) is 0.559. The van der Waals surface area contributed by atoms with Gasteiger partial charge < -0.3 is 5.21 Å². The highest BCUT2D eigenvalue weighted by molar-refractivity contribution is 7.92. The molecule has 7 nitrogen and oxygen atoms in total. The molecule has 0 bridgehead atoms. The third-order valence-electron chi connectivity index (χ3n) is 4.43. The number of rotatable bonds is 4. The number of benzene rings is 1. The van der Waals surface area contributed by atoms with E-state index in [-0.39, 0.29) is 14.8 Å². The fraction of sp³-hybridized carbons (Fsp3) is 0.375. The molecular formula is C16H17ClN2O5S2. The first-order chi connectivity index (χ1) is 12.2. The molecule has 0 saturated heterocycles. The molecule has 10 heteroatoms. The molecule has 1 saturated carbocycles. The Labute approximate surface area is 157 Å². The minimum absolute atomic E-state index is 0.00865. The molecule has 26 heavy (non-hydrogen) atoms. The van der Waals surface area contributed by atoms with Crippen LogP contribution >= 0.6 is 11.6 Å². The Kier molecular flexibility index (Phi) is 5.23. The molecule has 0 atom stereocenters. The minimum atomic E-state index is -4.14. The number of nitrogens with zero attached hydrogens (tertiary/aromatic N) is 2. The summed E-state index contributed by atoms with van der Waals surface area (Å²) < 4.78 is 50.6. The van der Waals surface area contributed by atoms with Gasteiger partial charge in [0, 0.05) is 11.2 Å². The predicted octanol–water partition coefficient (Wildman–Crippen LogP) is 2.31. The molecule has 0 N–H and O–H groups in total. The van der Waals surface area contributed by atoms with Crippen LogP contribution in [-0.2, 0) is 19.7 Å². The van der Waals surface area contributed by atoms with Crippen molar-refractivity contribution in [2.24, 2.45) is 0 Å². The Balaban J connectivity index is 2.02. The summed E-state index contributed by atoms with van der Waals surface area (Å²) >= 11 is 5.92. The van der Waals surface area contributed by atoms with Gasteiger partial charge in [0.05, 0.1) is 15.2 Å². The van der Waals surface area contributed by atoms with Crippen LogP contribution in [-0.4, -0.2) is 27.2 Å². The Morgan fingerprint density at radius 2 is 1.65 bits per heavy atom. The Morgan fingerprint density at radius 3 is 2.27 bits per heavy atom. The number of sulfone groups is 2. The number of hydrogen-bond acceptors (Lipinski definition) is 6. The maximum atomic E-state index is 12.7. The normalized spacial score (nSPS) is 16.5. The van der Waals surface area contributed by atoms with Gasteiger partial charge in [-0.1, -0.05) is 43.0 Å². The first kappa shape index (κ1) is 19.1. The van der Waals surface area contributed by atoms with Crippen molar-refractivity contribution in [2.75, 3.05) is 0 Å². The number of hydrogen-bond donors (Lipinski definition) is 0. The van der Waals surface area contributed by atoms with Crippen LogP contribution in [0.1, 0.15) is 32.1 Å². The summed E-state index contributed by atoms with van der Waals surface area (Å²) in [4.78, 5) is -0.315.